The molecule has 0 bridgehead atoms. The Balaban J connectivity index is 1.03. The van der Waals surface area contributed by atoms with Gasteiger partial charge in [0.25, 0.3) is 5.91 Å². The number of hydrogen-bond acceptors (Lipinski definition) is 11. The first-order valence-corrected chi connectivity index (χ1v) is 17.8. The van der Waals surface area contributed by atoms with Gasteiger partial charge in [-0.25, -0.2) is 9.59 Å². The van der Waals surface area contributed by atoms with Crippen molar-refractivity contribution in [2.45, 2.75) is 52.5 Å². The van der Waals surface area contributed by atoms with E-state index in [0.717, 1.165) is 49.4 Å². The minimum atomic E-state index is -1.04. The highest BCUT2D eigenvalue weighted by Gasteiger charge is 2.25. The van der Waals surface area contributed by atoms with Crippen molar-refractivity contribution in [3.63, 3.8) is 0 Å². The SMILES string of the molecule is CC(C)c1cc(-c2nnc(C(N)=O)n2-c2ccc(CN3CCN(Cc4cccc(C(=O)O[C@@H](C)C(=O)OCc5ccccc5)c4)CC3)cc2)c(O)cc1O. The summed E-state index contributed by atoms with van der Waals surface area (Å²) in [5, 5.41) is 29.3. The lowest BCUT2D eigenvalue weighted by molar-refractivity contribution is -0.154. The van der Waals surface area contributed by atoms with E-state index < -0.39 is 23.9 Å². The third-order valence-electron chi connectivity index (χ3n) is 9.37. The van der Waals surface area contributed by atoms with Crippen molar-refractivity contribution in [2.75, 3.05) is 26.2 Å². The number of primary amides is 1. The van der Waals surface area contributed by atoms with Gasteiger partial charge in [0.1, 0.15) is 18.1 Å². The molecule has 0 spiro atoms. The van der Waals surface area contributed by atoms with Crippen molar-refractivity contribution < 1.29 is 34.1 Å². The quantitative estimate of drug-likeness (QED) is 0.136. The Labute approximate surface area is 313 Å². The summed E-state index contributed by atoms with van der Waals surface area (Å²) in [6.07, 6.45) is -1.04. The molecule has 4 N–H and O–H groups in total. The number of rotatable bonds is 13. The summed E-state index contributed by atoms with van der Waals surface area (Å²) in [5.41, 5.74) is 10.5. The normalized spacial score (nSPS) is 14.1. The molecular weight excluding hydrogens is 688 g/mol. The third-order valence-corrected chi connectivity index (χ3v) is 9.37. The Morgan fingerprint density at radius 3 is 2.06 bits per heavy atom. The molecule has 13 nitrogen and oxygen atoms in total. The fraction of sp³-hybridized carbons (Fsp3) is 0.293. The fourth-order valence-electron chi connectivity index (χ4n) is 6.39. The number of benzene rings is 4. The maximum atomic E-state index is 12.9. The maximum absolute atomic E-state index is 12.9. The van der Waals surface area contributed by atoms with E-state index in [1.807, 2.05) is 80.6 Å². The summed E-state index contributed by atoms with van der Waals surface area (Å²) in [6.45, 7) is 10.2. The van der Waals surface area contributed by atoms with E-state index in [9.17, 15) is 24.6 Å². The van der Waals surface area contributed by atoms with Crippen molar-refractivity contribution in [3.05, 3.63) is 125 Å². The predicted octanol–water partition coefficient (Wildman–Crippen LogP) is 5.17. The molecule has 0 aliphatic carbocycles. The number of carbonyl (C=O) groups is 3. The number of piperazine rings is 1. The van der Waals surface area contributed by atoms with Gasteiger partial charge in [-0.1, -0.05) is 68.4 Å². The molecule has 6 rings (SSSR count). The van der Waals surface area contributed by atoms with E-state index in [1.54, 1.807) is 18.2 Å². The molecule has 1 saturated heterocycles. The zero-order chi connectivity index (χ0) is 38.4. The van der Waals surface area contributed by atoms with Gasteiger partial charge >= 0.3 is 11.9 Å². The van der Waals surface area contributed by atoms with E-state index in [0.29, 0.717) is 28.9 Å². The lowest BCUT2D eigenvalue weighted by Gasteiger charge is -2.34. The standard InChI is InChI=1S/C41H44N6O7/c1-26(2)33-21-34(36(49)22-35(33)48)38-43-44-39(37(42)50)47(38)32-14-12-28(13-15-32)23-45-16-18-46(19-17-45)24-30-10-7-11-31(20-30)41(52)54-27(3)40(51)53-25-29-8-5-4-6-9-29/h4-15,20-22,26-27,48-49H,16-19,23-25H2,1-3H3,(H2,42,50)/t27-/m0/s1. The first-order chi connectivity index (χ1) is 26.0. The molecule has 2 heterocycles. The van der Waals surface area contributed by atoms with Gasteiger partial charge in [-0.3, -0.25) is 19.2 Å². The molecule has 4 aromatic carbocycles. The summed E-state index contributed by atoms with van der Waals surface area (Å²) >= 11 is 0. The van der Waals surface area contributed by atoms with Crippen molar-refractivity contribution in [1.29, 1.82) is 0 Å². The smallest absolute Gasteiger partial charge is 0.347 e. The molecule has 1 amide bonds. The second-order valence-corrected chi connectivity index (χ2v) is 13.7. The highest BCUT2D eigenvalue weighted by atomic mass is 16.6. The van der Waals surface area contributed by atoms with Crippen LogP contribution in [0.5, 0.6) is 11.5 Å². The number of amides is 1. The van der Waals surface area contributed by atoms with E-state index in [1.165, 1.54) is 17.6 Å². The first kappa shape index (κ1) is 37.7. The lowest BCUT2D eigenvalue weighted by Crippen LogP contribution is -2.45. The third kappa shape index (κ3) is 8.93. The maximum Gasteiger partial charge on any atom is 0.347 e. The van der Waals surface area contributed by atoms with Crippen LogP contribution >= 0.6 is 0 Å². The van der Waals surface area contributed by atoms with Crippen molar-refractivity contribution in [2.24, 2.45) is 5.73 Å². The number of hydrogen-bond donors (Lipinski definition) is 3. The number of aromatic hydroxyl groups is 2. The number of phenolic OH excluding ortho intramolecular Hbond substituents is 2. The van der Waals surface area contributed by atoms with Crippen LogP contribution in [-0.4, -0.2) is 84.9 Å². The average Bonchev–Trinajstić information content (AvgIpc) is 3.61. The number of ether oxygens (including phenoxy) is 2. The highest BCUT2D eigenvalue weighted by Crippen LogP contribution is 2.38. The number of esters is 2. The second-order valence-electron chi connectivity index (χ2n) is 13.7. The van der Waals surface area contributed by atoms with Gasteiger partial charge in [-0.2, -0.15) is 0 Å². The van der Waals surface area contributed by atoms with Gasteiger partial charge in [0.15, 0.2) is 11.9 Å². The van der Waals surface area contributed by atoms with Crippen molar-refractivity contribution >= 4 is 17.8 Å². The Morgan fingerprint density at radius 2 is 1.41 bits per heavy atom. The number of nitrogens with zero attached hydrogens (tertiary/aromatic N) is 5. The topological polar surface area (TPSA) is 173 Å². The highest BCUT2D eigenvalue weighted by molar-refractivity contribution is 5.92. The molecule has 1 fully saturated rings. The molecule has 280 valence electrons. The molecule has 0 unspecified atom stereocenters. The lowest BCUT2D eigenvalue weighted by atomic mass is 9.98. The first-order valence-electron chi connectivity index (χ1n) is 17.8. The van der Waals surface area contributed by atoms with Crippen LogP contribution in [0.2, 0.25) is 0 Å². The molecule has 54 heavy (non-hydrogen) atoms. The van der Waals surface area contributed by atoms with E-state index in [-0.39, 0.29) is 35.7 Å². The minimum Gasteiger partial charge on any atom is -0.508 e. The van der Waals surface area contributed by atoms with E-state index >= 15 is 0 Å². The molecule has 1 aliphatic heterocycles. The Bertz CT molecular complexity index is 2110. The van der Waals surface area contributed by atoms with Crippen LogP contribution < -0.4 is 5.73 Å². The Hall–Kier alpha value is -6.05. The van der Waals surface area contributed by atoms with Gasteiger partial charge in [-0.05, 0) is 65.4 Å². The van der Waals surface area contributed by atoms with Gasteiger partial charge in [0, 0.05) is 51.0 Å². The van der Waals surface area contributed by atoms with Gasteiger partial charge in [0.2, 0.25) is 5.82 Å². The van der Waals surface area contributed by atoms with Crippen molar-refractivity contribution in [3.8, 4) is 28.6 Å². The summed E-state index contributed by atoms with van der Waals surface area (Å²) in [4.78, 5) is 42.3. The predicted molar refractivity (Wildman–Crippen MR) is 201 cm³/mol. The van der Waals surface area contributed by atoms with Crippen LogP contribution in [-0.2, 0) is 34.0 Å². The van der Waals surface area contributed by atoms with Crippen LogP contribution in [0.25, 0.3) is 17.1 Å². The zero-order valence-corrected chi connectivity index (χ0v) is 30.5. The molecule has 0 saturated carbocycles. The molecule has 1 aliphatic rings. The minimum absolute atomic E-state index is 0.0282. The molecule has 1 atom stereocenters. The second kappa shape index (κ2) is 16.7. The number of nitrogens with two attached hydrogens (primary N) is 1. The van der Waals surface area contributed by atoms with Crippen LogP contribution in [0.4, 0.5) is 0 Å². The molecule has 5 aromatic rings. The van der Waals surface area contributed by atoms with Crippen molar-refractivity contribution in [1.82, 2.24) is 24.6 Å². The Kier molecular flexibility index (Phi) is 11.7. The summed E-state index contributed by atoms with van der Waals surface area (Å²) in [6, 6.07) is 27.2. The van der Waals surface area contributed by atoms with Crippen LogP contribution in [0.3, 0.4) is 0 Å². The zero-order valence-electron chi connectivity index (χ0n) is 30.5. The largest absolute Gasteiger partial charge is 0.508 e. The molecule has 1 aromatic heterocycles. The number of carbonyl (C=O) groups excluding carboxylic acids is 3. The van der Waals surface area contributed by atoms with Gasteiger partial charge in [-0.15, -0.1) is 10.2 Å². The van der Waals surface area contributed by atoms with E-state index in [2.05, 4.69) is 20.0 Å². The summed E-state index contributed by atoms with van der Waals surface area (Å²) in [7, 11) is 0. The fourth-order valence-corrected chi connectivity index (χ4v) is 6.39. The van der Waals surface area contributed by atoms with Crippen LogP contribution in [0, 0.1) is 0 Å². The Morgan fingerprint density at radius 1 is 0.759 bits per heavy atom. The molecule has 13 heteroatoms. The number of aromatic nitrogens is 3. The molecule has 0 radical (unpaired) electrons. The molecular formula is C41H44N6O7. The van der Waals surface area contributed by atoms with Gasteiger partial charge < -0.3 is 25.4 Å². The number of phenols is 2. The van der Waals surface area contributed by atoms with Crippen LogP contribution in [0.15, 0.2) is 91.0 Å². The summed E-state index contributed by atoms with van der Waals surface area (Å²) in [5.74, 6) is -2.07. The summed E-state index contributed by atoms with van der Waals surface area (Å²) < 4.78 is 12.2. The van der Waals surface area contributed by atoms with Gasteiger partial charge in [0.05, 0.1) is 11.1 Å². The van der Waals surface area contributed by atoms with E-state index in [4.69, 9.17) is 15.2 Å². The average molecular weight is 733 g/mol. The van der Waals surface area contributed by atoms with Crippen LogP contribution in [0.1, 0.15) is 69.9 Å². The monoisotopic (exact) mass is 732 g/mol.